The maximum absolute atomic E-state index is 5.29. The maximum atomic E-state index is 5.29. The van der Waals surface area contributed by atoms with Gasteiger partial charge in [0, 0.05) is 18.5 Å². The summed E-state index contributed by atoms with van der Waals surface area (Å²) >= 11 is 0. The van der Waals surface area contributed by atoms with Gasteiger partial charge < -0.3 is 14.2 Å². The second-order valence-electron chi connectivity index (χ2n) is 4.26. The zero-order valence-electron chi connectivity index (χ0n) is 12.0. The van der Waals surface area contributed by atoms with Crippen LogP contribution in [-0.2, 0) is 0 Å². The van der Waals surface area contributed by atoms with Crippen LogP contribution in [0.3, 0.4) is 0 Å². The van der Waals surface area contributed by atoms with Gasteiger partial charge in [-0.25, -0.2) is 0 Å². The molecule has 0 saturated carbocycles. The molecule has 20 heavy (non-hydrogen) atoms. The van der Waals surface area contributed by atoms with Gasteiger partial charge in [-0.05, 0) is 18.6 Å². The van der Waals surface area contributed by atoms with E-state index in [1.807, 2.05) is 12.1 Å². The van der Waals surface area contributed by atoms with Gasteiger partial charge in [0.2, 0.25) is 5.75 Å². The Hall–Kier alpha value is -2.24. The molecule has 0 amide bonds. The smallest absolute Gasteiger partial charge is 0.203 e. The number of nitrogens with zero attached hydrogens (tertiary/aromatic N) is 2. The molecule has 0 atom stereocenters. The first-order valence-electron chi connectivity index (χ1n) is 6.41. The van der Waals surface area contributed by atoms with Crippen molar-refractivity contribution >= 4 is 12.1 Å². The van der Waals surface area contributed by atoms with Crippen molar-refractivity contribution in [1.82, 2.24) is 5.43 Å². The highest BCUT2D eigenvalue weighted by Gasteiger charge is 2.12. The predicted octanol–water partition coefficient (Wildman–Crippen LogP) is 1.83. The summed E-state index contributed by atoms with van der Waals surface area (Å²) in [6, 6.07) is 3.67. The van der Waals surface area contributed by atoms with Crippen molar-refractivity contribution in [1.29, 1.82) is 0 Å². The largest absolute Gasteiger partial charge is 0.493 e. The first kappa shape index (κ1) is 14.2. The Kier molecular flexibility index (Phi) is 4.81. The Labute approximate surface area is 118 Å². The number of aliphatic imine (C=N–C) groups is 1. The van der Waals surface area contributed by atoms with Crippen LogP contribution in [0.1, 0.15) is 18.4 Å². The topological polar surface area (TPSA) is 64.4 Å². The Morgan fingerprint density at radius 3 is 2.35 bits per heavy atom. The second-order valence-corrected chi connectivity index (χ2v) is 4.26. The first-order valence-corrected chi connectivity index (χ1v) is 6.41. The molecule has 6 heteroatoms. The van der Waals surface area contributed by atoms with E-state index in [0.29, 0.717) is 17.2 Å². The molecular weight excluding hydrogens is 258 g/mol. The van der Waals surface area contributed by atoms with Crippen molar-refractivity contribution in [2.75, 3.05) is 27.9 Å². The fraction of sp³-hybridized carbons (Fsp3) is 0.429. The number of hydrazone groups is 1. The zero-order valence-corrected chi connectivity index (χ0v) is 12.0. The van der Waals surface area contributed by atoms with E-state index in [1.165, 1.54) is 0 Å². The molecule has 0 unspecified atom stereocenters. The summed E-state index contributed by atoms with van der Waals surface area (Å²) < 4.78 is 15.8. The van der Waals surface area contributed by atoms with Crippen molar-refractivity contribution in [2.45, 2.75) is 12.8 Å². The lowest BCUT2D eigenvalue weighted by molar-refractivity contribution is 0.324. The summed E-state index contributed by atoms with van der Waals surface area (Å²) in [5.74, 6) is 2.70. The quantitative estimate of drug-likeness (QED) is 0.658. The van der Waals surface area contributed by atoms with Gasteiger partial charge in [0.1, 0.15) is 5.84 Å². The number of hydrogen-bond acceptors (Lipinski definition) is 6. The molecule has 2 rings (SSSR count). The van der Waals surface area contributed by atoms with E-state index in [0.717, 1.165) is 30.8 Å². The lowest BCUT2D eigenvalue weighted by Crippen LogP contribution is -2.14. The minimum atomic E-state index is 0.570. The second kappa shape index (κ2) is 6.79. The van der Waals surface area contributed by atoms with Crippen LogP contribution in [0.5, 0.6) is 17.2 Å². The third kappa shape index (κ3) is 3.20. The molecule has 1 heterocycles. The number of hydrogen-bond donors (Lipinski definition) is 1. The number of nitrogens with one attached hydrogen (secondary N) is 1. The van der Waals surface area contributed by atoms with Crippen molar-refractivity contribution in [3.63, 3.8) is 0 Å². The molecular formula is C14H19N3O3. The molecule has 0 aromatic heterocycles. The number of ether oxygens (including phenoxy) is 3. The normalized spacial score (nSPS) is 14.2. The summed E-state index contributed by atoms with van der Waals surface area (Å²) in [6.45, 7) is 0.877. The van der Waals surface area contributed by atoms with E-state index in [1.54, 1.807) is 27.5 Å². The lowest BCUT2D eigenvalue weighted by atomic mass is 10.2. The van der Waals surface area contributed by atoms with Crippen molar-refractivity contribution in [3.8, 4) is 17.2 Å². The van der Waals surface area contributed by atoms with Crippen LogP contribution in [-0.4, -0.2) is 39.9 Å². The van der Waals surface area contributed by atoms with Gasteiger partial charge >= 0.3 is 0 Å². The van der Waals surface area contributed by atoms with Gasteiger partial charge in [0.05, 0.1) is 27.5 Å². The SMILES string of the molecule is COc1cc(/C=N/NC2=NCCC2)cc(OC)c1OC. The zero-order chi connectivity index (χ0) is 14.4. The van der Waals surface area contributed by atoms with Crippen LogP contribution in [0.25, 0.3) is 0 Å². The van der Waals surface area contributed by atoms with E-state index in [-0.39, 0.29) is 0 Å². The van der Waals surface area contributed by atoms with Gasteiger partial charge in [-0.2, -0.15) is 5.10 Å². The number of methoxy groups -OCH3 is 3. The summed E-state index contributed by atoms with van der Waals surface area (Å²) in [6.07, 6.45) is 3.74. The van der Waals surface area contributed by atoms with Crippen LogP contribution in [0, 0.1) is 0 Å². The molecule has 108 valence electrons. The highest BCUT2D eigenvalue weighted by Crippen LogP contribution is 2.37. The van der Waals surface area contributed by atoms with Gasteiger partial charge in [0.15, 0.2) is 11.5 Å². The monoisotopic (exact) mass is 277 g/mol. The van der Waals surface area contributed by atoms with E-state index in [9.17, 15) is 0 Å². The third-order valence-corrected chi connectivity index (χ3v) is 2.97. The molecule has 0 radical (unpaired) electrons. The molecule has 0 bridgehead atoms. The molecule has 1 N–H and O–H groups in total. The van der Waals surface area contributed by atoms with Crippen LogP contribution in [0.4, 0.5) is 0 Å². The molecule has 0 saturated heterocycles. The summed E-state index contributed by atoms with van der Waals surface area (Å²) in [4.78, 5) is 4.28. The minimum Gasteiger partial charge on any atom is -0.493 e. The lowest BCUT2D eigenvalue weighted by Gasteiger charge is -2.12. The standard InChI is InChI=1S/C14H19N3O3/c1-18-11-7-10(8-12(19-2)14(11)20-3)9-16-17-13-5-4-6-15-13/h7-9H,4-6H2,1-3H3,(H,15,17)/b16-9+. The molecule has 6 nitrogen and oxygen atoms in total. The van der Waals surface area contributed by atoms with Crippen LogP contribution in [0.15, 0.2) is 22.2 Å². The summed E-state index contributed by atoms with van der Waals surface area (Å²) in [5.41, 5.74) is 3.79. The number of benzene rings is 1. The van der Waals surface area contributed by atoms with Crippen molar-refractivity contribution in [2.24, 2.45) is 10.1 Å². The van der Waals surface area contributed by atoms with Crippen LogP contribution >= 0.6 is 0 Å². The summed E-state index contributed by atoms with van der Waals surface area (Å²) in [5, 5.41) is 4.17. The van der Waals surface area contributed by atoms with Gasteiger partial charge in [-0.15, -0.1) is 0 Å². The van der Waals surface area contributed by atoms with E-state index in [2.05, 4.69) is 15.5 Å². The predicted molar refractivity (Wildman–Crippen MR) is 78.4 cm³/mol. The summed E-state index contributed by atoms with van der Waals surface area (Å²) in [7, 11) is 4.75. The molecule has 1 aromatic carbocycles. The number of amidine groups is 1. The Morgan fingerprint density at radius 2 is 1.85 bits per heavy atom. The first-order chi connectivity index (χ1) is 9.78. The third-order valence-electron chi connectivity index (χ3n) is 2.97. The Morgan fingerprint density at radius 1 is 1.15 bits per heavy atom. The van der Waals surface area contributed by atoms with Gasteiger partial charge in [0.25, 0.3) is 0 Å². The molecule has 0 aliphatic carbocycles. The van der Waals surface area contributed by atoms with Crippen LogP contribution in [0.2, 0.25) is 0 Å². The van der Waals surface area contributed by atoms with Crippen molar-refractivity contribution < 1.29 is 14.2 Å². The number of rotatable bonds is 5. The highest BCUT2D eigenvalue weighted by atomic mass is 16.5. The van der Waals surface area contributed by atoms with Gasteiger partial charge in [-0.1, -0.05) is 0 Å². The Balaban J connectivity index is 2.16. The van der Waals surface area contributed by atoms with Crippen molar-refractivity contribution in [3.05, 3.63) is 17.7 Å². The molecule has 0 fully saturated rings. The van der Waals surface area contributed by atoms with E-state index >= 15 is 0 Å². The fourth-order valence-corrected chi connectivity index (χ4v) is 1.99. The molecule has 1 aliphatic heterocycles. The van der Waals surface area contributed by atoms with E-state index in [4.69, 9.17) is 14.2 Å². The van der Waals surface area contributed by atoms with E-state index < -0.39 is 0 Å². The molecule has 1 aromatic rings. The van der Waals surface area contributed by atoms with Crippen LogP contribution < -0.4 is 19.6 Å². The van der Waals surface area contributed by atoms with Gasteiger partial charge in [-0.3, -0.25) is 10.4 Å². The Bertz CT molecular complexity index is 501. The molecule has 1 aliphatic rings. The average molecular weight is 277 g/mol. The maximum Gasteiger partial charge on any atom is 0.203 e. The molecule has 0 spiro atoms. The minimum absolute atomic E-state index is 0.570. The average Bonchev–Trinajstić information content (AvgIpc) is 2.99. The fourth-order valence-electron chi connectivity index (χ4n) is 1.99. The highest BCUT2D eigenvalue weighted by molar-refractivity contribution is 5.86.